The van der Waals surface area contributed by atoms with Crippen LogP contribution >= 0.6 is 0 Å². The van der Waals surface area contributed by atoms with Crippen LogP contribution in [0.2, 0.25) is 0 Å². The predicted molar refractivity (Wildman–Crippen MR) is 73.7 cm³/mol. The van der Waals surface area contributed by atoms with Crippen LogP contribution in [-0.2, 0) is 4.74 Å². The summed E-state index contributed by atoms with van der Waals surface area (Å²) >= 11 is 0. The summed E-state index contributed by atoms with van der Waals surface area (Å²) in [7, 11) is 0. The molecular formula is C15H21NO3. The van der Waals surface area contributed by atoms with E-state index in [0.29, 0.717) is 38.0 Å². The number of nitrogens with zero attached hydrogens (tertiary/aromatic N) is 1. The van der Waals surface area contributed by atoms with Crippen LogP contribution in [0.25, 0.3) is 0 Å². The normalized spacial score (nSPS) is 15.7. The zero-order chi connectivity index (χ0) is 13.8. The first kappa shape index (κ1) is 13.9. The standard InChI is InChI=1S/C15H21NO3/c1-11(2)13-8-12(3)9-14(10-13)19-15(17)16-4-6-18-7-5-16/h8-11H,4-7H2,1-3H3. The molecule has 19 heavy (non-hydrogen) atoms. The summed E-state index contributed by atoms with van der Waals surface area (Å²) in [6.07, 6.45) is -0.288. The lowest BCUT2D eigenvalue weighted by Gasteiger charge is -2.26. The molecule has 0 spiro atoms. The monoisotopic (exact) mass is 263 g/mol. The molecule has 4 heteroatoms. The van der Waals surface area contributed by atoms with Crippen LogP contribution < -0.4 is 4.74 Å². The number of benzene rings is 1. The number of carbonyl (C=O) groups excluding carboxylic acids is 1. The van der Waals surface area contributed by atoms with Gasteiger partial charge < -0.3 is 14.4 Å². The fourth-order valence-corrected chi connectivity index (χ4v) is 2.08. The maximum absolute atomic E-state index is 12.0. The number of hydrogen-bond acceptors (Lipinski definition) is 3. The van der Waals surface area contributed by atoms with Crippen LogP contribution in [0.5, 0.6) is 5.75 Å². The molecule has 4 nitrogen and oxygen atoms in total. The zero-order valence-corrected chi connectivity index (χ0v) is 11.8. The Balaban J connectivity index is 2.07. The quantitative estimate of drug-likeness (QED) is 0.823. The van der Waals surface area contributed by atoms with E-state index < -0.39 is 0 Å². The van der Waals surface area contributed by atoms with Gasteiger partial charge in [-0.15, -0.1) is 0 Å². The second-order valence-corrected chi connectivity index (χ2v) is 5.20. The van der Waals surface area contributed by atoms with Gasteiger partial charge in [0.15, 0.2) is 0 Å². The van der Waals surface area contributed by atoms with Crippen LogP contribution in [0, 0.1) is 6.92 Å². The van der Waals surface area contributed by atoms with Gasteiger partial charge in [0.1, 0.15) is 5.75 Å². The number of hydrogen-bond donors (Lipinski definition) is 0. The van der Waals surface area contributed by atoms with Crippen molar-refractivity contribution < 1.29 is 14.3 Å². The summed E-state index contributed by atoms with van der Waals surface area (Å²) in [5.41, 5.74) is 2.29. The molecule has 0 aliphatic carbocycles. The third-order valence-electron chi connectivity index (χ3n) is 3.21. The van der Waals surface area contributed by atoms with E-state index in [-0.39, 0.29) is 6.09 Å². The van der Waals surface area contributed by atoms with Crippen molar-refractivity contribution >= 4 is 6.09 Å². The van der Waals surface area contributed by atoms with Crippen LogP contribution in [0.4, 0.5) is 4.79 Å². The maximum atomic E-state index is 12.0. The number of amides is 1. The van der Waals surface area contributed by atoms with Gasteiger partial charge in [-0.2, -0.15) is 0 Å². The van der Waals surface area contributed by atoms with Gasteiger partial charge in [-0.1, -0.05) is 19.9 Å². The fraction of sp³-hybridized carbons (Fsp3) is 0.533. The topological polar surface area (TPSA) is 38.8 Å². The van der Waals surface area contributed by atoms with E-state index in [1.165, 1.54) is 5.56 Å². The van der Waals surface area contributed by atoms with E-state index in [1.54, 1.807) is 4.90 Å². The lowest BCUT2D eigenvalue weighted by Crippen LogP contribution is -2.42. The lowest BCUT2D eigenvalue weighted by molar-refractivity contribution is 0.0416. The molecule has 1 aliphatic rings. The molecule has 0 unspecified atom stereocenters. The van der Waals surface area contributed by atoms with Crippen molar-refractivity contribution in [1.82, 2.24) is 4.90 Å². The first-order valence-electron chi connectivity index (χ1n) is 6.72. The molecule has 1 aliphatic heterocycles. The van der Waals surface area contributed by atoms with E-state index in [4.69, 9.17) is 9.47 Å². The van der Waals surface area contributed by atoms with Gasteiger partial charge in [0, 0.05) is 13.1 Å². The van der Waals surface area contributed by atoms with Gasteiger partial charge in [0.05, 0.1) is 13.2 Å². The summed E-state index contributed by atoms with van der Waals surface area (Å²) in [5.74, 6) is 1.04. The molecule has 0 atom stereocenters. The van der Waals surface area contributed by atoms with Gasteiger partial charge >= 0.3 is 6.09 Å². The molecule has 1 aromatic rings. The van der Waals surface area contributed by atoms with Gasteiger partial charge in [-0.3, -0.25) is 0 Å². The third kappa shape index (κ3) is 3.70. The Morgan fingerprint density at radius 3 is 2.58 bits per heavy atom. The second kappa shape index (κ2) is 6.06. The molecule has 0 radical (unpaired) electrons. The minimum atomic E-state index is -0.288. The summed E-state index contributed by atoms with van der Waals surface area (Å²) in [6, 6.07) is 5.96. The molecule has 1 saturated heterocycles. The van der Waals surface area contributed by atoms with E-state index in [1.807, 2.05) is 19.1 Å². The Bertz CT molecular complexity index is 451. The minimum Gasteiger partial charge on any atom is -0.410 e. The van der Waals surface area contributed by atoms with Gasteiger partial charge in [0.25, 0.3) is 0 Å². The molecule has 0 saturated carbocycles. The first-order valence-corrected chi connectivity index (χ1v) is 6.72. The zero-order valence-electron chi connectivity index (χ0n) is 11.8. The maximum Gasteiger partial charge on any atom is 0.415 e. The Hall–Kier alpha value is -1.55. The fourth-order valence-electron chi connectivity index (χ4n) is 2.08. The van der Waals surface area contributed by atoms with Crippen LogP contribution in [0.1, 0.15) is 30.9 Å². The molecule has 0 N–H and O–H groups in total. The molecule has 104 valence electrons. The second-order valence-electron chi connectivity index (χ2n) is 5.20. The molecule has 1 amide bonds. The van der Waals surface area contributed by atoms with Crippen molar-refractivity contribution in [2.45, 2.75) is 26.7 Å². The number of rotatable bonds is 2. The van der Waals surface area contributed by atoms with Crippen LogP contribution in [-0.4, -0.2) is 37.3 Å². The van der Waals surface area contributed by atoms with E-state index in [2.05, 4.69) is 19.9 Å². The third-order valence-corrected chi connectivity index (χ3v) is 3.21. The van der Waals surface area contributed by atoms with Crippen LogP contribution in [0.3, 0.4) is 0 Å². The van der Waals surface area contributed by atoms with Gasteiger partial charge in [-0.05, 0) is 36.1 Å². The number of ether oxygens (including phenoxy) is 2. The molecule has 1 aromatic carbocycles. The van der Waals surface area contributed by atoms with E-state index in [9.17, 15) is 4.79 Å². The Labute approximate surface area is 114 Å². The first-order chi connectivity index (χ1) is 9.06. The van der Waals surface area contributed by atoms with Crippen molar-refractivity contribution in [2.75, 3.05) is 26.3 Å². The highest BCUT2D eigenvalue weighted by Crippen LogP contribution is 2.23. The SMILES string of the molecule is Cc1cc(OC(=O)N2CCOCC2)cc(C(C)C)c1. The van der Waals surface area contributed by atoms with E-state index >= 15 is 0 Å². The Morgan fingerprint density at radius 2 is 1.95 bits per heavy atom. The van der Waals surface area contributed by atoms with Gasteiger partial charge in [0.2, 0.25) is 0 Å². The van der Waals surface area contributed by atoms with Crippen molar-refractivity contribution in [3.05, 3.63) is 29.3 Å². The summed E-state index contributed by atoms with van der Waals surface area (Å²) in [6.45, 7) is 8.63. The molecule has 2 rings (SSSR count). The summed E-state index contributed by atoms with van der Waals surface area (Å²) in [5, 5.41) is 0. The van der Waals surface area contributed by atoms with E-state index in [0.717, 1.165) is 5.56 Å². The molecule has 1 heterocycles. The minimum absolute atomic E-state index is 0.288. The smallest absolute Gasteiger partial charge is 0.410 e. The highest BCUT2D eigenvalue weighted by atomic mass is 16.6. The summed E-state index contributed by atoms with van der Waals surface area (Å²) in [4.78, 5) is 13.7. The van der Waals surface area contributed by atoms with Crippen molar-refractivity contribution in [3.8, 4) is 5.75 Å². The average Bonchev–Trinajstić information content (AvgIpc) is 2.39. The molecule has 1 fully saturated rings. The molecule has 0 bridgehead atoms. The molecule has 0 aromatic heterocycles. The van der Waals surface area contributed by atoms with Crippen LogP contribution in [0.15, 0.2) is 18.2 Å². The molecular weight excluding hydrogens is 242 g/mol. The number of aryl methyl sites for hydroxylation is 1. The van der Waals surface area contributed by atoms with Gasteiger partial charge in [-0.25, -0.2) is 4.79 Å². The van der Waals surface area contributed by atoms with Crippen molar-refractivity contribution in [2.24, 2.45) is 0 Å². The number of carbonyl (C=O) groups is 1. The predicted octanol–water partition coefficient (Wildman–Crippen LogP) is 2.95. The number of morpholine rings is 1. The average molecular weight is 263 g/mol. The largest absolute Gasteiger partial charge is 0.415 e. The Kier molecular flexibility index (Phi) is 4.43. The van der Waals surface area contributed by atoms with Crippen molar-refractivity contribution in [1.29, 1.82) is 0 Å². The summed E-state index contributed by atoms with van der Waals surface area (Å²) < 4.78 is 10.7. The lowest BCUT2D eigenvalue weighted by atomic mass is 10.0. The highest BCUT2D eigenvalue weighted by Gasteiger charge is 2.19. The van der Waals surface area contributed by atoms with Crippen molar-refractivity contribution in [3.63, 3.8) is 0 Å². The highest BCUT2D eigenvalue weighted by molar-refractivity contribution is 5.71. The Morgan fingerprint density at radius 1 is 1.26 bits per heavy atom.